The van der Waals surface area contributed by atoms with Crippen molar-refractivity contribution in [1.82, 2.24) is 14.7 Å². The first-order valence-electron chi connectivity index (χ1n) is 8.31. The van der Waals surface area contributed by atoms with Gasteiger partial charge in [0, 0.05) is 13.1 Å². The molecule has 23 heavy (non-hydrogen) atoms. The molecule has 3 rings (SSSR count). The highest BCUT2D eigenvalue weighted by Crippen LogP contribution is 2.19. The van der Waals surface area contributed by atoms with Crippen molar-refractivity contribution in [2.45, 2.75) is 33.1 Å². The van der Waals surface area contributed by atoms with E-state index in [4.69, 9.17) is 0 Å². The Labute approximate surface area is 137 Å². The van der Waals surface area contributed by atoms with Crippen molar-refractivity contribution in [1.29, 1.82) is 0 Å². The standard InChI is InChI=1S/C18H24N4O/c1-14-8-6-7-11-21(12-14)18(23)19-17-13-22(20-15(17)2)16-9-4-3-5-10-16/h3-5,9-10,13-14H,6-8,11-12H2,1-2H3,(H,19,23). The summed E-state index contributed by atoms with van der Waals surface area (Å²) in [6.07, 6.45) is 5.37. The van der Waals surface area contributed by atoms with E-state index in [1.807, 2.05) is 48.4 Å². The van der Waals surface area contributed by atoms with Crippen molar-refractivity contribution in [3.63, 3.8) is 0 Å². The third-order valence-corrected chi connectivity index (χ3v) is 4.36. The maximum absolute atomic E-state index is 12.5. The van der Waals surface area contributed by atoms with E-state index in [2.05, 4.69) is 17.3 Å². The van der Waals surface area contributed by atoms with Gasteiger partial charge in [-0.3, -0.25) is 0 Å². The number of benzene rings is 1. The van der Waals surface area contributed by atoms with Crippen molar-refractivity contribution >= 4 is 11.7 Å². The molecular formula is C18H24N4O. The van der Waals surface area contributed by atoms with Gasteiger partial charge in [0.1, 0.15) is 0 Å². The molecule has 5 heteroatoms. The first-order valence-corrected chi connectivity index (χ1v) is 8.31. The van der Waals surface area contributed by atoms with Gasteiger partial charge in [0.05, 0.1) is 23.3 Å². The minimum Gasteiger partial charge on any atom is -0.324 e. The summed E-state index contributed by atoms with van der Waals surface area (Å²) in [6.45, 7) is 5.80. The van der Waals surface area contributed by atoms with E-state index in [9.17, 15) is 4.79 Å². The molecule has 1 unspecified atom stereocenters. The summed E-state index contributed by atoms with van der Waals surface area (Å²) in [7, 11) is 0. The van der Waals surface area contributed by atoms with Gasteiger partial charge in [-0.25, -0.2) is 9.48 Å². The highest BCUT2D eigenvalue weighted by atomic mass is 16.2. The zero-order chi connectivity index (χ0) is 16.2. The van der Waals surface area contributed by atoms with E-state index in [0.717, 1.165) is 36.6 Å². The fourth-order valence-corrected chi connectivity index (χ4v) is 3.03. The highest BCUT2D eigenvalue weighted by molar-refractivity contribution is 5.89. The lowest BCUT2D eigenvalue weighted by Gasteiger charge is -2.22. The fraction of sp³-hybridized carbons (Fsp3) is 0.444. The Bertz CT molecular complexity index is 665. The quantitative estimate of drug-likeness (QED) is 0.916. The van der Waals surface area contributed by atoms with Crippen LogP contribution in [0.3, 0.4) is 0 Å². The Kier molecular flexibility index (Phi) is 4.65. The second-order valence-corrected chi connectivity index (χ2v) is 6.39. The summed E-state index contributed by atoms with van der Waals surface area (Å²) in [5.74, 6) is 0.566. The van der Waals surface area contributed by atoms with Crippen LogP contribution in [-0.2, 0) is 0 Å². The summed E-state index contributed by atoms with van der Waals surface area (Å²) < 4.78 is 1.80. The summed E-state index contributed by atoms with van der Waals surface area (Å²) in [4.78, 5) is 14.5. The zero-order valence-electron chi connectivity index (χ0n) is 13.8. The lowest BCUT2D eigenvalue weighted by atomic mass is 10.1. The van der Waals surface area contributed by atoms with E-state index in [1.165, 1.54) is 12.8 Å². The number of hydrogen-bond acceptors (Lipinski definition) is 2. The molecule has 0 saturated carbocycles. The first kappa shape index (κ1) is 15.6. The van der Waals surface area contributed by atoms with Crippen molar-refractivity contribution in [3.05, 3.63) is 42.2 Å². The summed E-state index contributed by atoms with van der Waals surface area (Å²) in [5.41, 5.74) is 2.58. The maximum atomic E-state index is 12.5. The molecule has 0 aliphatic carbocycles. The maximum Gasteiger partial charge on any atom is 0.321 e. The second kappa shape index (κ2) is 6.86. The number of nitrogens with zero attached hydrogens (tertiary/aromatic N) is 3. The molecule has 0 bridgehead atoms. The summed E-state index contributed by atoms with van der Waals surface area (Å²) in [6, 6.07) is 9.90. The van der Waals surface area contributed by atoms with Crippen LogP contribution in [0.1, 0.15) is 31.9 Å². The number of anilines is 1. The van der Waals surface area contributed by atoms with Crippen LogP contribution in [0, 0.1) is 12.8 Å². The number of rotatable bonds is 2. The molecule has 0 spiro atoms. The Hall–Kier alpha value is -2.30. The fourth-order valence-electron chi connectivity index (χ4n) is 3.03. The van der Waals surface area contributed by atoms with Gasteiger partial charge in [0.25, 0.3) is 0 Å². The summed E-state index contributed by atoms with van der Waals surface area (Å²) in [5, 5.41) is 7.52. The largest absolute Gasteiger partial charge is 0.324 e. The zero-order valence-corrected chi connectivity index (χ0v) is 13.8. The molecular weight excluding hydrogens is 288 g/mol. The van der Waals surface area contributed by atoms with Gasteiger partial charge < -0.3 is 10.2 Å². The van der Waals surface area contributed by atoms with Crippen molar-refractivity contribution in [2.75, 3.05) is 18.4 Å². The van der Waals surface area contributed by atoms with E-state index in [1.54, 1.807) is 4.68 Å². The summed E-state index contributed by atoms with van der Waals surface area (Å²) >= 11 is 0. The average molecular weight is 312 g/mol. The van der Waals surface area contributed by atoms with Gasteiger partial charge in [-0.15, -0.1) is 0 Å². The van der Waals surface area contributed by atoms with E-state index >= 15 is 0 Å². The molecule has 1 aromatic heterocycles. The molecule has 1 atom stereocenters. The molecule has 2 heterocycles. The van der Waals surface area contributed by atoms with E-state index in [0.29, 0.717) is 5.92 Å². The SMILES string of the molecule is Cc1nn(-c2ccccc2)cc1NC(=O)N1CCCCC(C)C1. The number of amides is 2. The van der Waals surface area contributed by atoms with Gasteiger partial charge in [0.2, 0.25) is 0 Å². The average Bonchev–Trinajstić information content (AvgIpc) is 2.77. The number of carbonyl (C=O) groups is 1. The molecule has 1 aliphatic rings. The van der Waals surface area contributed by atoms with Crippen LogP contribution in [0.15, 0.2) is 36.5 Å². The number of carbonyl (C=O) groups excluding carboxylic acids is 1. The van der Waals surface area contributed by atoms with Crippen molar-refractivity contribution in [2.24, 2.45) is 5.92 Å². The van der Waals surface area contributed by atoms with Gasteiger partial charge in [-0.1, -0.05) is 31.5 Å². The van der Waals surface area contributed by atoms with Crippen molar-refractivity contribution in [3.8, 4) is 5.69 Å². The molecule has 2 aromatic rings. The second-order valence-electron chi connectivity index (χ2n) is 6.39. The van der Waals surface area contributed by atoms with Gasteiger partial charge in [0.15, 0.2) is 0 Å². The smallest absolute Gasteiger partial charge is 0.321 e. The topological polar surface area (TPSA) is 50.2 Å². The van der Waals surface area contributed by atoms with Crippen LogP contribution < -0.4 is 5.32 Å². The molecule has 122 valence electrons. The number of nitrogens with one attached hydrogen (secondary N) is 1. The van der Waals surface area contributed by atoms with Gasteiger partial charge in [-0.05, 0) is 37.8 Å². The third kappa shape index (κ3) is 3.73. The number of hydrogen-bond donors (Lipinski definition) is 1. The molecule has 0 radical (unpaired) electrons. The number of urea groups is 1. The lowest BCUT2D eigenvalue weighted by Crippen LogP contribution is -2.37. The Morgan fingerprint density at radius 3 is 2.83 bits per heavy atom. The van der Waals surface area contributed by atoms with Crippen molar-refractivity contribution < 1.29 is 4.79 Å². The van der Waals surface area contributed by atoms with Crippen LogP contribution in [0.25, 0.3) is 5.69 Å². The normalized spacial score (nSPS) is 18.5. The monoisotopic (exact) mass is 312 g/mol. The van der Waals surface area contributed by atoms with Crippen LogP contribution in [0.5, 0.6) is 0 Å². The van der Waals surface area contributed by atoms with Crippen LogP contribution in [0.4, 0.5) is 10.5 Å². The highest BCUT2D eigenvalue weighted by Gasteiger charge is 2.20. The number of likely N-dealkylation sites (tertiary alicyclic amines) is 1. The van der Waals surface area contributed by atoms with Crippen LogP contribution >= 0.6 is 0 Å². The lowest BCUT2D eigenvalue weighted by molar-refractivity contribution is 0.207. The number of para-hydroxylation sites is 1. The molecule has 1 aliphatic heterocycles. The molecule has 5 nitrogen and oxygen atoms in total. The molecule has 1 fully saturated rings. The van der Waals surface area contributed by atoms with Gasteiger partial charge >= 0.3 is 6.03 Å². The minimum atomic E-state index is -0.0190. The molecule has 1 N–H and O–H groups in total. The Balaban J connectivity index is 1.72. The third-order valence-electron chi connectivity index (χ3n) is 4.36. The number of aromatic nitrogens is 2. The van der Waals surface area contributed by atoms with Gasteiger partial charge in [-0.2, -0.15) is 5.10 Å². The van der Waals surface area contributed by atoms with E-state index in [-0.39, 0.29) is 6.03 Å². The van der Waals surface area contributed by atoms with Crippen LogP contribution in [-0.4, -0.2) is 33.8 Å². The molecule has 1 saturated heterocycles. The predicted octanol–water partition coefficient (Wildman–Crippen LogP) is 3.83. The minimum absolute atomic E-state index is 0.0190. The first-order chi connectivity index (χ1) is 11.1. The Morgan fingerprint density at radius 1 is 1.26 bits per heavy atom. The van der Waals surface area contributed by atoms with Crippen LogP contribution in [0.2, 0.25) is 0 Å². The Morgan fingerprint density at radius 2 is 2.04 bits per heavy atom. The number of aryl methyl sites for hydroxylation is 1. The predicted molar refractivity (Wildman–Crippen MR) is 91.9 cm³/mol. The molecule has 2 amide bonds. The molecule has 1 aromatic carbocycles. The van der Waals surface area contributed by atoms with E-state index < -0.39 is 0 Å².